The summed E-state index contributed by atoms with van der Waals surface area (Å²) < 4.78 is 10.3. The molecule has 0 aliphatic carbocycles. The molecule has 1 aliphatic heterocycles. The van der Waals surface area contributed by atoms with Crippen LogP contribution in [0.4, 0.5) is 5.82 Å². The van der Waals surface area contributed by atoms with Crippen molar-refractivity contribution in [2.75, 3.05) is 32.9 Å². The van der Waals surface area contributed by atoms with Gasteiger partial charge >= 0.3 is 0 Å². The zero-order valence-electron chi connectivity index (χ0n) is 19.6. The molecule has 34 heavy (non-hydrogen) atoms. The van der Waals surface area contributed by atoms with Crippen molar-refractivity contribution < 1.29 is 9.21 Å². The Kier molecular flexibility index (Phi) is 6.05. The van der Waals surface area contributed by atoms with Crippen molar-refractivity contribution in [2.45, 2.75) is 30.7 Å². The fourth-order valence-electron chi connectivity index (χ4n) is 4.45. The Hall–Kier alpha value is -3.30. The molecule has 4 heterocycles. The number of hydrogen-bond acceptors (Lipinski definition) is 7. The van der Waals surface area contributed by atoms with Gasteiger partial charge in [-0.25, -0.2) is 4.98 Å². The average Bonchev–Trinajstić information content (AvgIpc) is 3.48. The third-order valence-electron chi connectivity index (χ3n) is 6.19. The largest absolute Gasteiger partial charge is 0.452 e. The highest BCUT2D eigenvalue weighted by atomic mass is 32.2. The van der Waals surface area contributed by atoms with Gasteiger partial charge in [0, 0.05) is 59.4 Å². The molecule has 0 bridgehead atoms. The van der Waals surface area contributed by atoms with Crippen molar-refractivity contribution >= 4 is 34.6 Å². The van der Waals surface area contributed by atoms with Crippen molar-refractivity contribution in [3.8, 4) is 22.5 Å². The minimum Gasteiger partial charge on any atom is -0.452 e. The van der Waals surface area contributed by atoms with Crippen LogP contribution in [-0.4, -0.2) is 57.1 Å². The number of rotatable bonds is 5. The minimum atomic E-state index is 0.136. The lowest BCUT2D eigenvalue weighted by molar-refractivity contribution is -0.130. The lowest BCUT2D eigenvalue weighted by Gasteiger charge is -2.31. The molecular weight excluding hydrogens is 448 g/mol. The molecule has 1 saturated heterocycles. The highest BCUT2D eigenvalue weighted by Gasteiger charge is 2.23. The Bertz CT molecular complexity index is 1340. The Morgan fingerprint density at radius 2 is 1.97 bits per heavy atom. The Morgan fingerprint density at radius 1 is 1.18 bits per heavy atom. The fraction of sp³-hybridized carbons (Fsp3) is 0.320. The van der Waals surface area contributed by atoms with Crippen LogP contribution < -0.4 is 5.73 Å². The first-order valence-electron chi connectivity index (χ1n) is 11.3. The second-order valence-electron chi connectivity index (χ2n) is 8.79. The van der Waals surface area contributed by atoms with E-state index >= 15 is 0 Å². The van der Waals surface area contributed by atoms with Gasteiger partial charge in [-0.1, -0.05) is 12.1 Å². The van der Waals surface area contributed by atoms with E-state index < -0.39 is 0 Å². The number of fused-ring (bicyclic) bond motifs is 1. The topological polar surface area (TPSA) is 93.4 Å². The zero-order valence-corrected chi connectivity index (χ0v) is 20.4. The second-order valence-corrected chi connectivity index (χ2v) is 10.2. The summed E-state index contributed by atoms with van der Waals surface area (Å²) in [6, 6.07) is 10.6. The fourth-order valence-corrected chi connectivity index (χ4v) is 5.20. The molecule has 0 spiro atoms. The Morgan fingerprint density at radius 3 is 2.71 bits per heavy atom. The molecular formula is C25H28N6O2S. The minimum absolute atomic E-state index is 0.136. The van der Waals surface area contributed by atoms with Gasteiger partial charge in [-0.3, -0.25) is 13.8 Å². The third kappa shape index (κ3) is 4.41. The van der Waals surface area contributed by atoms with Crippen LogP contribution in [0.5, 0.6) is 0 Å². The van der Waals surface area contributed by atoms with Crippen molar-refractivity contribution in [3.63, 3.8) is 0 Å². The molecule has 9 heteroatoms. The number of amides is 1. The lowest BCUT2D eigenvalue weighted by Crippen LogP contribution is -2.37. The van der Waals surface area contributed by atoms with Gasteiger partial charge in [0.05, 0.1) is 12.2 Å². The molecule has 0 unspecified atom stereocenters. The van der Waals surface area contributed by atoms with Gasteiger partial charge in [0.2, 0.25) is 5.91 Å². The second kappa shape index (κ2) is 9.15. The van der Waals surface area contributed by atoms with E-state index in [9.17, 15) is 4.79 Å². The van der Waals surface area contributed by atoms with Crippen LogP contribution in [0.25, 0.3) is 33.4 Å². The van der Waals surface area contributed by atoms with Gasteiger partial charge in [-0.15, -0.1) is 0 Å². The summed E-state index contributed by atoms with van der Waals surface area (Å²) in [7, 11) is 4.04. The lowest BCUT2D eigenvalue weighted by atomic mass is 10.0. The first kappa shape index (κ1) is 22.5. The molecule has 3 aromatic heterocycles. The smallest absolute Gasteiger partial charge is 0.219 e. The van der Waals surface area contributed by atoms with Gasteiger partial charge in [-0.05, 0) is 57.1 Å². The molecule has 1 aliphatic rings. The predicted molar refractivity (Wildman–Crippen MR) is 135 cm³/mol. The number of aromatic nitrogens is 3. The van der Waals surface area contributed by atoms with Gasteiger partial charge < -0.3 is 15.1 Å². The number of anilines is 1. The number of carbonyl (C=O) groups is 1. The summed E-state index contributed by atoms with van der Waals surface area (Å²) >= 11 is 1.66. The number of benzene rings is 1. The first-order chi connectivity index (χ1) is 16.4. The molecule has 8 nitrogen and oxygen atoms in total. The van der Waals surface area contributed by atoms with Gasteiger partial charge in [0.25, 0.3) is 0 Å². The number of pyridine rings is 1. The maximum Gasteiger partial charge on any atom is 0.219 e. The molecule has 1 aromatic carbocycles. The number of hydrogen-bond donors (Lipinski definition) is 1. The maximum absolute atomic E-state index is 11.6. The third-order valence-corrected chi connectivity index (χ3v) is 7.02. The molecule has 2 N–H and O–H groups in total. The number of carbonyl (C=O) groups excluding carboxylic acids is 1. The van der Waals surface area contributed by atoms with E-state index in [0.717, 1.165) is 58.7 Å². The van der Waals surface area contributed by atoms with E-state index in [1.54, 1.807) is 25.1 Å². The van der Waals surface area contributed by atoms with Gasteiger partial charge in [-0.2, -0.15) is 5.10 Å². The summed E-state index contributed by atoms with van der Waals surface area (Å²) in [4.78, 5) is 19.0. The maximum atomic E-state index is 11.6. The molecule has 1 amide bonds. The zero-order chi connectivity index (χ0) is 23.8. The molecule has 4 aromatic rings. The number of nitrogen functional groups attached to an aromatic ring is 1. The van der Waals surface area contributed by atoms with E-state index in [0.29, 0.717) is 11.4 Å². The van der Waals surface area contributed by atoms with Crippen LogP contribution in [0.1, 0.15) is 25.8 Å². The molecule has 5 rings (SSSR count). The first-order valence-corrected chi connectivity index (χ1v) is 12.1. The summed E-state index contributed by atoms with van der Waals surface area (Å²) in [5, 5.41) is 5.55. The Balaban J connectivity index is 1.46. The van der Waals surface area contributed by atoms with Gasteiger partial charge in [0.15, 0.2) is 11.4 Å². The van der Waals surface area contributed by atoms with E-state index in [-0.39, 0.29) is 11.9 Å². The van der Waals surface area contributed by atoms with Crippen LogP contribution in [0.2, 0.25) is 0 Å². The Labute approximate surface area is 202 Å². The quantitative estimate of drug-likeness (QED) is 0.418. The van der Waals surface area contributed by atoms with Crippen molar-refractivity contribution in [1.29, 1.82) is 0 Å². The van der Waals surface area contributed by atoms with E-state index in [4.69, 9.17) is 10.2 Å². The van der Waals surface area contributed by atoms with E-state index in [1.807, 2.05) is 48.1 Å². The van der Waals surface area contributed by atoms with Crippen LogP contribution in [-0.2, 0) is 4.79 Å². The number of furan rings is 1. The highest BCUT2D eigenvalue weighted by Crippen LogP contribution is 2.37. The number of piperidine rings is 1. The normalized spacial score (nSPS) is 14.9. The summed E-state index contributed by atoms with van der Waals surface area (Å²) in [5.41, 5.74) is 9.66. The molecule has 1 fully saturated rings. The van der Waals surface area contributed by atoms with Crippen LogP contribution in [0, 0.1) is 0 Å². The van der Waals surface area contributed by atoms with Gasteiger partial charge in [0.1, 0.15) is 5.76 Å². The van der Waals surface area contributed by atoms with E-state index in [2.05, 4.69) is 32.7 Å². The number of nitrogens with two attached hydrogens (primary N) is 1. The average molecular weight is 477 g/mol. The predicted octanol–water partition coefficient (Wildman–Crippen LogP) is 4.69. The summed E-state index contributed by atoms with van der Waals surface area (Å²) in [5.74, 6) is 1.26. The molecule has 0 atom stereocenters. The summed E-state index contributed by atoms with van der Waals surface area (Å²) in [6.45, 7) is 3.15. The molecule has 0 saturated carbocycles. The van der Waals surface area contributed by atoms with Crippen LogP contribution in [0.15, 0.2) is 58.2 Å². The number of nitrogens with zero attached hydrogens (tertiary/aromatic N) is 5. The van der Waals surface area contributed by atoms with Crippen molar-refractivity contribution in [1.82, 2.24) is 24.0 Å². The highest BCUT2D eigenvalue weighted by molar-refractivity contribution is 7.97. The van der Waals surface area contributed by atoms with Crippen molar-refractivity contribution in [3.05, 3.63) is 48.9 Å². The molecule has 0 radical (unpaired) electrons. The molecule has 176 valence electrons. The van der Waals surface area contributed by atoms with Crippen LogP contribution >= 0.6 is 11.9 Å². The van der Waals surface area contributed by atoms with Crippen LogP contribution in [0.3, 0.4) is 0 Å². The summed E-state index contributed by atoms with van der Waals surface area (Å²) in [6.07, 6.45) is 7.50. The van der Waals surface area contributed by atoms with E-state index in [1.165, 1.54) is 0 Å². The van der Waals surface area contributed by atoms with Crippen molar-refractivity contribution in [2.24, 2.45) is 0 Å². The number of likely N-dealkylation sites (tertiary alicyclic amines) is 1. The standard InChI is InChI=1S/C25H28N6O2S/c1-16(32)30-9-7-19(8-10-30)31-15-18(13-28-31)22-14-27-25(26)24-21(22)12-23(33-24)17-5-4-6-20(11-17)34-29(2)3/h4-6,11-15,19H,7-10H2,1-3H3,(H2,26,27). The monoisotopic (exact) mass is 476 g/mol. The SMILES string of the molecule is CC(=O)N1CCC(n2cc(-c3cnc(N)c4oc(-c5cccc(SN(C)C)c5)cc34)cn2)CC1.